The van der Waals surface area contributed by atoms with E-state index in [1.165, 1.54) is 22.7 Å². The first-order valence-electron chi connectivity index (χ1n) is 7.31. The molecule has 2 aromatic carbocycles. The van der Waals surface area contributed by atoms with Gasteiger partial charge >= 0.3 is 0 Å². The van der Waals surface area contributed by atoms with Gasteiger partial charge in [-0.3, -0.25) is 10.1 Å². The minimum atomic E-state index is -0.188. The van der Waals surface area contributed by atoms with Gasteiger partial charge in [0.1, 0.15) is 4.34 Å². The van der Waals surface area contributed by atoms with Gasteiger partial charge in [0.25, 0.3) is 5.91 Å². The summed E-state index contributed by atoms with van der Waals surface area (Å²) in [5.41, 5.74) is 2.09. The number of anilines is 1. The summed E-state index contributed by atoms with van der Waals surface area (Å²) >= 11 is 14.8. The van der Waals surface area contributed by atoms with E-state index in [-0.39, 0.29) is 5.91 Å². The first-order valence-corrected chi connectivity index (χ1v) is 9.77. The molecule has 0 radical (unpaired) electrons. The molecule has 0 saturated carbocycles. The number of carbonyl (C=O) groups excluding carboxylic acids is 1. The van der Waals surface area contributed by atoms with Gasteiger partial charge in [0, 0.05) is 16.5 Å². The molecule has 0 saturated heterocycles. The number of amides is 1. The number of hydrogen-bond donors (Lipinski definition) is 1. The maximum atomic E-state index is 12.7. The Labute approximate surface area is 161 Å². The summed E-state index contributed by atoms with van der Waals surface area (Å²) in [4.78, 5) is 17.1. The Morgan fingerprint density at radius 2 is 1.88 bits per heavy atom. The molecule has 0 aliphatic carbocycles. The van der Waals surface area contributed by atoms with Crippen LogP contribution in [0.5, 0.6) is 0 Å². The van der Waals surface area contributed by atoms with Crippen LogP contribution in [0.1, 0.15) is 10.4 Å². The second-order valence-electron chi connectivity index (χ2n) is 5.26. The Hall–Kier alpha value is -1.92. The second-order valence-corrected chi connectivity index (χ2v) is 8.40. The normalized spacial score (nSPS) is 11.0. The molecular weight excluding hydrogens is 395 g/mol. The molecule has 4 rings (SSSR count). The second kappa shape index (κ2) is 6.77. The van der Waals surface area contributed by atoms with Gasteiger partial charge in [-0.2, -0.15) is 0 Å². The highest BCUT2D eigenvalue weighted by Gasteiger charge is 2.15. The Morgan fingerprint density at radius 1 is 1.08 bits per heavy atom. The first kappa shape index (κ1) is 16.5. The average Bonchev–Trinajstić information content (AvgIpc) is 3.20. The molecule has 0 aliphatic rings. The van der Waals surface area contributed by atoms with Crippen LogP contribution in [0.3, 0.4) is 0 Å². The fourth-order valence-corrected chi connectivity index (χ4v) is 4.74. The molecule has 0 spiro atoms. The molecule has 0 aliphatic heterocycles. The van der Waals surface area contributed by atoms with Gasteiger partial charge in [-0.25, -0.2) is 4.98 Å². The number of benzene rings is 2. The van der Waals surface area contributed by atoms with Crippen molar-refractivity contribution in [2.45, 2.75) is 0 Å². The van der Waals surface area contributed by atoms with Crippen LogP contribution in [0.15, 0.2) is 53.9 Å². The van der Waals surface area contributed by atoms with Gasteiger partial charge in [-0.05, 0) is 22.9 Å². The van der Waals surface area contributed by atoms with Crippen molar-refractivity contribution in [2.24, 2.45) is 0 Å². The highest BCUT2D eigenvalue weighted by atomic mass is 35.5. The minimum Gasteiger partial charge on any atom is -0.298 e. The number of carbonyl (C=O) groups is 1. The molecule has 0 atom stereocenters. The van der Waals surface area contributed by atoms with Crippen molar-refractivity contribution in [2.75, 3.05) is 5.32 Å². The van der Waals surface area contributed by atoms with Crippen molar-refractivity contribution in [1.29, 1.82) is 0 Å². The Balaban J connectivity index is 1.62. The van der Waals surface area contributed by atoms with E-state index < -0.39 is 0 Å². The minimum absolute atomic E-state index is 0.188. The van der Waals surface area contributed by atoms with Crippen LogP contribution < -0.4 is 5.32 Å². The summed E-state index contributed by atoms with van der Waals surface area (Å²) in [6.07, 6.45) is 0. The van der Waals surface area contributed by atoms with Crippen molar-refractivity contribution in [3.05, 3.63) is 68.1 Å². The first-order chi connectivity index (χ1) is 12.1. The monoisotopic (exact) mass is 404 g/mol. The van der Waals surface area contributed by atoms with Crippen LogP contribution in [0.25, 0.3) is 22.0 Å². The molecule has 25 heavy (non-hydrogen) atoms. The summed E-state index contributed by atoms with van der Waals surface area (Å²) in [7, 11) is 0. The van der Waals surface area contributed by atoms with Crippen molar-refractivity contribution < 1.29 is 4.79 Å². The van der Waals surface area contributed by atoms with Crippen molar-refractivity contribution in [1.82, 2.24) is 4.98 Å². The van der Waals surface area contributed by atoms with Crippen LogP contribution in [-0.4, -0.2) is 10.9 Å². The van der Waals surface area contributed by atoms with Crippen molar-refractivity contribution in [3.8, 4) is 11.3 Å². The van der Waals surface area contributed by atoms with E-state index in [4.69, 9.17) is 23.2 Å². The number of rotatable bonds is 3. The molecule has 1 amide bonds. The lowest BCUT2D eigenvalue weighted by Gasteiger charge is -2.05. The lowest BCUT2D eigenvalue weighted by molar-refractivity contribution is 0.102. The van der Waals surface area contributed by atoms with Crippen LogP contribution in [0, 0.1) is 0 Å². The average molecular weight is 405 g/mol. The van der Waals surface area contributed by atoms with E-state index in [1.54, 1.807) is 6.07 Å². The third kappa shape index (κ3) is 3.28. The zero-order valence-electron chi connectivity index (χ0n) is 12.6. The third-order valence-corrected chi connectivity index (χ3v) is 5.94. The third-order valence-electron chi connectivity index (χ3n) is 3.69. The van der Waals surface area contributed by atoms with E-state index >= 15 is 0 Å². The van der Waals surface area contributed by atoms with Gasteiger partial charge in [-0.1, -0.05) is 59.6 Å². The van der Waals surface area contributed by atoms with Gasteiger partial charge < -0.3 is 0 Å². The molecule has 124 valence electrons. The van der Waals surface area contributed by atoms with Gasteiger partial charge in [0.05, 0.1) is 10.0 Å². The fraction of sp³-hybridized carbons (Fsp3) is 0. The number of halogens is 2. The predicted molar refractivity (Wildman–Crippen MR) is 107 cm³/mol. The molecule has 3 nitrogen and oxygen atoms in total. The zero-order chi connectivity index (χ0) is 17.4. The molecule has 0 unspecified atom stereocenters. The largest absolute Gasteiger partial charge is 0.298 e. The number of hydrogen-bond acceptors (Lipinski definition) is 4. The standard InChI is InChI=1S/C18H10Cl2N2OS2/c19-15-8-13(16(20)25-15)14-9-24-18(21-14)22-17(23)12-7-3-5-10-4-1-2-6-11(10)12/h1-9H,(H,21,22,23). The molecule has 4 aromatic rings. The van der Waals surface area contributed by atoms with E-state index in [2.05, 4.69) is 10.3 Å². The maximum Gasteiger partial charge on any atom is 0.258 e. The summed E-state index contributed by atoms with van der Waals surface area (Å²) in [5.74, 6) is -0.188. The lowest BCUT2D eigenvalue weighted by Crippen LogP contribution is -2.12. The zero-order valence-corrected chi connectivity index (χ0v) is 15.8. The number of aromatic nitrogens is 1. The number of thiophene rings is 1. The number of thiazole rings is 1. The quantitative estimate of drug-likeness (QED) is 0.418. The smallest absolute Gasteiger partial charge is 0.258 e. The molecule has 7 heteroatoms. The molecule has 0 bridgehead atoms. The van der Waals surface area contributed by atoms with Gasteiger partial charge in [-0.15, -0.1) is 22.7 Å². The summed E-state index contributed by atoms with van der Waals surface area (Å²) < 4.78 is 1.19. The maximum absolute atomic E-state index is 12.7. The van der Waals surface area contributed by atoms with Crippen molar-refractivity contribution in [3.63, 3.8) is 0 Å². The Morgan fingerprint density at radius 3 is 2.68 bits per heavy atom. The van der Waals surface area contributed by atoms with Crippen LogP contribution in [0.2, 0.25) is 8.67 Å². The topological polar surface area (TPSA) is 42.0 Å². The van der Waals surface area contributed by atoms with E-state index in [0.717, 1.165) is 16.3 Å². The highest BCUT2D eigenvalue weighted by Crippen LogP contribution is 2.39. The van der Waals surface area contributed by atoms with Crippen LogP contribution in [0.4, 0.5) is 5.13 Å². The summed E-state index contributed by atoms with van der Waals surface area (Å²) in [5, 5.41) is 7.16. The lowest BCUT2D eigenvalue weighted by atomic mass is 10.0. The fourth-order valence-electron chi connectivity index (χ4n) is 2.56. The van der Waals surface area contributed by atoms with Gasteiger partial charge in [0.2, 0.25) is 0 Å². The SMILES string of the molecule is O=C(Nc1nc(-c2cc(Cl)sc2Cl)cs1)c1cccc2ccccc12. The number of fused-ring (bicyclic) bond motifs is 1. The van der Waals surface area contributed by atoms with E-state index in [9.17, 15) is 4.79 Å². The van der Waals surface area contributed by atoms with Crippen LogP contribution >= 0.6 is 45.9 Å². The number of nitrogens with one attached hydrogen (secondary N) is 1. The summed E-state index contributed by atoms with van der Waals surface area (Å²) in [6.45, 7) is 0. The predicted octanol–water partition coefficient (Wildman–Crippen LogP) is 6.58. The van der Waals surface area contributed by atoms with Gasteiger partial charge in [0.15, 0.2) is 5.13 Å². The molecular formula is C18H10Cl2N2OS2. The summed E-state index contributed by atoms with van der Waals surface area (Å²) in [6, 6.07) is 15.2. The van der Waals surface area contributed by atoms with E-state index in [1.807, 2.05) is 47.8 Å². The molecule has 2 aromatic heterocycles. The molecule has 0 fully saturated rings. The van der Waals surface area contributed by atoms with Crippen molar-refractivity contribution >= 4 is 67.7 Å². The Kier molecular flexibility index (Phi) is 4.48. The van der Waals surface area contributed by atoms with E-state index in [0.29, 0.717) is 25.1 Å². The highest BCUT2D eigenvalue weighted by molar-refractivity contribution is 7.20. The Bertz CT molecular complexity index is 1080. The van der Waals surface area contributed by atoms with Crippen LogP contribution in [-0.2, 0) is 0 Å². The molecule has 1 N–H and O–H groups in total. The molecule has 2 heterocycles. The number of nitrogens with zero attached hydrogens (tertiary/aromatic N) is 1.